The predicted molar refractivity (Wildman–Crippen MR) is 52.4 cm³/mol. The van der Waals surface area contributed by atoms with Gasteiger partial charge in [-0.1, -0.05) is 0 Å². The molecule has 0 aromatic rings. The molecule has 0 saturated heterocycles. The van der Waals surface area contributed by atoms with Crippen molar-refractivity contribution in [1.29, 1.82) is 0 Å². The molecule has 0 rings (SSSR count). The van der Waals surface area contributed by atoms with E-state index >= 15 is 0 Å². The highest BCUT2D eigenvalue weighted by Gasteiger charge is 2.03. The average Bonchev–Trinajstić information content (AvgIpc) is 2.08. The summed E-state index contributed by atoms with van der Waals surface area (Å²) in [5.74, 6) is -0.440. The van der Waals surface area contributed by atoms with Gasteiger partial charge >= 0.3 is 0 Å². The van der Waals surface area contributed by atoms with Crippen molar-refractivity contribution in [1.82, 2.24) is 5.32 Å². The maximum absolute atomic E-state index is 11.1. The Morgan fingerprint density at radius 2 is 1.93 bits per heavy atom. The smallest absolute Gasteiger partial charge is 0.220 e. The third kappa shape index (κ3) is 8.99. The molecule has 4 N–H and O–H groups in total. The molecule has 0 aromatic heterocycles. The number of rotatable bonds is 7. The summed E-state index contributed by atoms with van der Waals surface area (Å²) in [5.41, 5.74) is 4.94. The molecule has 0 unspecified atom stereocenters. The molecule has 5 nitrogen and oxygen atoms in total. The molecule has 0 saturated carbocycles. The summed E-state index contributed by atoms with van der Waals surface area (Å²) < 4.78 is 0. The van der Waals surface area contributed by atoms with Crippen LogP contribution < -0.4 is 11.1 Å². The number of aliphatic hydroxyl groups excluding tert-OH is 1. The largest absolute Gasteiger partial charge is 0.392 e. The van der Waals surface area contributed by atoms with E-state index in [4.69, 9.17) is 10.8 Å². The lowest BCUT2D eigenvalue weighted by Crippen LogP contribution is -2.30. The van der Waals surface area contributed by atoms with Crippen LogP contribution in [0.3, 0.4) is 0 Å². The van der Waals surface area contributed by atoms with E-state index in [9.17, 15) is 9.59 Å². The third-order valence-electron chi connectivity index (χ3n) is 1.67. The number of nitrogens with one attached hydrogen (secondary N) is 1. The first-order valence-electron chi connectivity index (χ1n) is 4.75. The van der Waals surface area contributed by atoms with Gasteiger partial charge in [0.05, 0.1) is 6.10 Å². The topological polar surface area (TPSA) is 92.4 Å². The van der Waals surface area contributed by atoms with Crippen LogP contribution in [0.2, 0.25) is 0 Å². The average molecular weight is 202 g/mol. The third-order valence-corrected chi connectivity index (χ3v) is 1.67. The van der Waals surface area contributed by atoms with Crippen LogP contribution >= 0.6 is 0 Å². The lowest BCUT2D eigenvalue weighted by atomic mass is 10.2. The van der Waals surface area contributed by atoms with Crippen LogP contribution in [0, 0.1) is 0 Å². The molecule has 0 radical (unpaired) electrons. The van der Waals surface area contributed by atoms with Gasteiger partial charge in [-0.2, -0.15) is 0 Å². The minimum atomic E-state index is -0.524. The molecule has 2 amide bonds. The number of hydrogen-bond acceptors (Lipinski definition) is 3. The number of unbranched alkanes of at least 4 members (excludes halogenated alkanes) is 1. The summed E-state index contributed by atoms with van der Waals surface area (Å²) in [5, 5.41) is 11.4. The monoisotopic (exact) mass is 202 g/mol. The van der Waals surface area contributed by atoms with Crippen LogP contribution in [-0.4, -0.2) is 29.6 Å². The highest BCUT2D eigenvalue weighted by molar-refractivity contribution is 5.76. The molecule has 82 valence electrons. The molecule has 0 aromatic carbocycles. The standard InChI is InChI=1S/C9H18N2O3/c1-7(12)6-11-9(14)5-3-2-4-8(10)13/h7,12H,2-6H2,1H3,(H2,10,13)(H,11,14)/t7-/m0/s1. The van der Waals surface area contributed by atoms with Gasteiger partial charge in [0.25, 0.3) is 0 Å². The Labute approximate surface area is 83.7 Å². The number of carbonyl (C=O) groups is 2. The Balaban J connectivity index is 3.31. The molecule has 0 spiro atoms. The lowest BCUT2D eigenvalue weighted by Gasteiger charge is -2.06. The second kappa shape index (κ2) is 7.32. The predicted octanol–water partition coefficient (Wildman–Crippen LogP) is -0.471. The lowest BCUT2D eigenvalue weighted by molar-refractivity contribution is -0.122. The number of aliphatic hydroxyl groups is 1. The molecule has 1 atom stereocenters. The number of nitrogens with two attached hydrogens (primary N) is 1. The first-order chi connectivity index (χ1) is 6.52. The SMILES string of the molecule is C[C@H](O)CNC(=O)CCCCC(N)=O. The van der Waals surface area contributed by atoms with Crippen molar-refractivity contribution in [3.63, 3.8) is 0 Å². The normalized spacial score (nSPS) is 12.1. The van der Waals surface area contributed by atoms with E-state index in [1.165, 1.54) is 0 Å². The minimum absolute atomic E-state index is 0.102. The number of carbonyl (C=O) groups excluding carboxylic acids is 2. The van der Waals surface area contributed by atoms with Gasteiger partial charge in [-0.15, -0.1) is 0 Å². The van der Waals surface area contributed by atoms with E-state index in [0.29, 0.717) is 25.7 Å². The molecular formula is C9H18N2O3. The van der Waals surface area contributed by atoms with Gasteiger partial charge in [-0.25, -0.2) is 0 Å². The van der Waals surface area contributed by atoms with E-state index in [2.05, 4.69) is 5.32 Å². The van der Waals surface area contributed by atoms with Gasteiger partial charge in [0.1, 0.15) is 0 Å². The summed E-state index contributed by atoms with van der Waals surface area (Å²) in [6.45, 7) is 1.88. The molecule has 0 aliphatic rings. The second-order valence-corrected chi connectivity index (χ2v) is 3.33. The molecule has 0 heterocycles. The molecule has 0 fully saturated rings. The Hall–Kier alpha value is -1.10. The van der Waals surface area contributed by atoms with Crippen LogP contribution in [0.15, 0.2) is 0 Å². The summed E-state index contributed by atoms with van der Waals surface area (Å²) in [7, 11) is 0. The number of hydrogen-bond donors (Lipinski definition) is 3. The Bertz CT molecular complexity index is 192. The van der Waals surface area contributed by atoms with Gasteiger partial charge < -0.3 is 16.2 Å². The van der Waals surface area contributed by atoms with Crippen molar-refractivity contribution in [2.45, 2.75) is 38.7 Å². The van der Waals surface area contributed by atoms with Crippen molar-refractivity contribution in [3.05, 3.63) is 0 Å². The van der Waals surface area contributed by atoms with Crippen molar-refractivity contribution in [3.8, 4) is 0 Å². The summed E-state index contributed by atoms with van der Waals surface area (Å²) in [4.78, 5) is 21.4. The number of primary amides is 1. The van der Waals surface area contributed by atoms with E-state index in [1.807, 2.05) is 0 Å². The van der Waals surface area contributed by atoms with E-state index in [-0.39, 0.29) is 18.4 Å². The van der Waals surface area contributed by atoms with E-state index in [1.54, 1.807) is 6.92 Å². The Morgan fingerprint density at radius 3 is 2.43 bits per heavy atom. The molecule has 0 aliphatic carbocycles. The Kier molecular flexibility index (Phi) is 6.74. The van der Waals surface area contributed by atoms with Crippen LogP contribution in [-0.2, 0) is 9.59 Å². The summed E-state index contributed by atoms with van der Waals surface area (Å²) in [6.07, 6.45) is 1.46. The fourth-order valence-electron chi connectivity index (χ4n) is 0.935. The van der Waals surface area contributed by atoms with Crippen LogP contribution in [0.1, 0.15) is 32.6 Å². The van der Waals surface area contributed by atoms with E-state index < -0.39 is 6.10 Å². The first kappa shape index (κ1) is 12.9. The van der Waals surface area contributed by atoms with Crippen LogP contribution in [0.5, 0.6) is 0 Å². The van der Waals surface area contributed by atoms with Crippen molar-refractivity contribution in [2.75, 3.05) is 6.54 Å². The Morgan fingerprint density at radius 1 is 1.36 bits per heavy atom. The van der Waals surface area contributed by atoms with Crippen molar-refractivity contribution < 1.29 is 14.7 Å². The van der Waals surface area contributed by atoms with Crippen molar-refractivity contribution >= 4 is 11.8 Å². The number of amides is 2. The maximum atomic E-state index is 11.1. The second-order valence-electron chi connectivity index (χ2n) is 3.33. The molecule has 14 heavy (non-hydrogen) atoms. The van der Waals surface area contributed by atoms with Gasteiger partial charge in [0, 0.05) is 19.4 Å². The molecule has 0 aliphatic heterocycles. The van der Waals surface area contributed by atoms with Gasteiger partial charge in [0.2, 0.25) is 11.8 Å². The fraction of sp³-hybridized carbons (Fsp3) is 0.778. The summed E-state index contributed by atoms with van der Waals surface area (Å²) in [6, 6.07) is 0. The first-order valence-corrected chi connectivity index (χ1v) is 4.75. The molecular weight excluding hydrogens is 184 g/mol. The molecule has 5 heteroatoms. The van der Waals surface area contributed by atoms with Gasteiger partial charge in [-0.3, -0.25) is 9.59 Å². The zero-order valence-corrected chi connectivity index (χ0v) is 8.45. The van der Waals surface area contributed by atoms with Crippen molar-refractivity contribution in [2.24, 2.45) is 5.73 Å². The zero-order valence-electron chi connectivity index (χ0n) is 8.45. The quantitative estimate of drug-likeness (QED) is 0.487. The minimum Gasteiger partial charge on any atom is -0.392 e. The fourth-order valence-corrected chi connectivity index (χ4v) is 0.935. The van der Waals surface area contributed by atoms with Crippen LogP contribution in [0.25, 0.3) is 0 Å². The summed E-state index contributed by atoms with van der Waals surface area (Å²) >= 11 is 0. The van der Waals surface area contributed by atoms with Gasteiger partial charge in [0.15, 0.2) is 0 Å². The van der Waals surface area contributed by atoms with E-state index in [0.717, 1.165) is 0 Å². The maximum Gasteiger partial charge on any atom is 0.220 e. The highest BCUT2D eigenvalue weighted by Crippen LogP contribution is 1.98. The zero-order chi connectivity index (χ0) is 11.0. The highest BCUT2D eigenvalue weighted by atomic mass is 16.3. The van der Waals surface area contributed by atoms with Crippen LogP contribution in [0.4, 0.5) is 0 Å². The van der Waals surface area contributed by atoms with Gasteiger partial charge in [-0.05, 0) is 19.8 Å². The molecule has 0 bridgehead atoms.